The van der Waals surface area contributed by atoms with Crippen molar-refractivity contribution in [1.29, 1.82) is 0 Å². The third kappa shape index (κ3) is 5.92. The predicted molar refractivity (Wildman–Crippen MR) is 81.4 cm³/mol. The van der Waals surface area contributed by atoms with Gasteiger partial charge in [0.2, 0.25) is 0 Å². The van der Waals surface area contributed by atoms with E-state index >= 15 is 0 Å². The van der Waals surface area contributed by atoms with Crippen LogP contribution in [0, 0.1) is 5.41 Å². The van der Waals surface area contributed by atoms with E-state index in [9.17, 15) is 0 Å². The molecule has 96 valence electrons. The summed E-state index contributed by atoms with van der Waals surface area (Å²) in [5.41, 5.74) is 6.30. The first-order valence-electron chi connectivity index (χ1n) is 6.26. The van der Waals surface area contributed by atoms with Gasteiger partial charge < -0.3 is 11.1 Å². The first-order valence-corrected chi connectivity index (χ1v) is 6.26. The number of nitrogens with zero attached hydrogens (tertiary/aromatic N) is 1. The summed E-state index contributed by atoms with van der Waals surface area (Å²) in [7, 11) is 0. The fraction of sp³-hybridized carbons (Fsp3) is 0.917. The molecule has 0 radical (unpaired) electrons. The molecule has 0 amide bonds. The molecule has 0 aliphatic heterocycles. The number of guanidine groups is 1. The summed E-state index contributed by atoms with van der Waals surface area (Å²) in [6.07, 6.45) is 7.60. The minimum atomic E-state index is 0. The van der Waals surface area contributed by atoms with Gasteiger partial charge in [-0.3, -0.25) is 4.99 Å². The highest BCUT2D eigenvalue weighted by molar-refractivity contribution is 14.0. The lowest BCUT2D eigenvalue weighted by Gasteiger charge is -2.11. The van der Waals surface area contributed by atoms with E-state index in [1.54, 1.807) is 0 Å². The Morgan fingerprint density at radius 1 is 1.31 bits per heavy atom. The molecule has 1 rings (SSSR count). The van der Waals surface area contributed by atoms with Gasteiger partial charge in [0.15, 0.2) is 5.96 Å². The van der Waals surface area contributed by atoms with Gasteiger partial charge in [0, 0.05) is 13.1 Å². The van der Waals surface area contributed by atoms with Gasteiger partial charge in [-0.25, -0.2) is 0 Å². The highest BCUT2D eigenvalue weighted by Crippen LogP contribution is 2.49. The normalized spacial score (nSPS) is 17.8. The van der Waals surface area contributed by atoms with E-state index in [4.69, 9.17) is 5.73 Å². The highest BCUT2D eigenvalue weighted by atomic mass is 127. The topological polar surface area (TPSA) is 50.4 Å². The average Bonchev–Trinajstić information content (AvgIpc) is 2.97. The molecule has 0 bridgehead atoms. The molecular weight excluding hydrogens is 313 g/mol. The number of hydrogen-bond acceptors (Lipinski definition) is 1. The molecular formula is C12H26IN3. The lowest BCUT2D eigenvalue weighted by molar-refractivity contribution is 0.472. The smallest absolute Gasteiger partial charge is 0.188 e. The van der Waals surface area contributed by atoms with Crippen LogP contribution >= 0.6 is 24.0 Å². The van der Waals surface area contributed by atoms with Gasteiger partial charge in [0.25, 0.3) is 0 Å². The number of unbranched alkanes of at least 4 members (excludes halogenated alkanes) is 1. The largest absolute Gasteiger partial charge is 0.370 e. The molecule has 1 saturated carbocycles. The molecule has 1 aliphatic rings. The maximum Gasteiger partial charge on any atom is 0.188 e. The van der Waals surface area contributed by atoms with Crippen molar-refractivity contribution in [2.45, 2.75) is 52.4 Å². The van der Waals surface area contributed by atoms with E-state index < -0.39 is 0 Å². The second-order valence-electron chi connectivity index (χ2n) is 4.73. The summed E-state index contributed by atoms with van der Waals surface area (Å²) >= 11 is 0. The van der Waals surface area contributed by atoms with E-state index in [0.717, 1.165) is 19.5 Å². The van der Waals surface area contributed by atoms with Gasteiger partial charge in [0.1, 0.15) is 0 Å². The Morgan fingerprint density at radius 2 is 2.00 bits per heavy atom. The van der Waals surface area contributed by atoms with E-state index in [2.05, 4.69) is 24.2 Å². The van der Waals surface area contributed by atoms with Gasteiger partial charge in [-0.15, -0.1) is 24.0 Å². The molecule has 0 aromatic carbocycles. The Balaban J connectivity index is 0.00000225. The Morgan fingerprint density at radius 3 is 2.50 bits per heavy atom. The molecule has 1 aliphatic carbocycles. The molecule has 0 atom stereocenters. The number of rotatable bonds is 7. The van der Waals surface area contributed by atoms with Gasteiger partial charge in [-0.2, -0.15) is 0 Å². The van der Waals surface area contributed by atoms with Gasteiger partial charge in [0.05, 0.1) is 0 Å². The Hall–Kier alpha value is 0. The maximum atomic E-state index is 5.78. The van der Waals surface area contributed by atoms with Crippen LogP contribution in [0.5, 0.6) is 0 Å². The summed E-state index contributed by atoms with van der Waals surface area (Å²) < 4.78 is 0. The van der Waals surface area contributed by atoms with Crippen molar-refractivity contribution in [2.24, 2.45) is 16.1 Å². The fourth-order valence-corrected chi connectivity index (χ4v) is 1.90. The van der Waals surface area contributed by atoms with Crippen LogP contribution in [0.1, 0.15) is 52.4 Å². The molecule has 0 saturated heterocycles. The van der Waals surface area contributed by atoms with E-state index in [1.165, 1.54) is 32.1 Å². The summed E-state index contributed by atoms with van der Waals surface area (Å²) in [4.78, 5) is 4.43. The van der Waals surface area contributed by atoms with Crippen molar-refractivity contribution in [1.82, 2.24) is 5.32 Å². The quantitative estimate of drug-likeness (QED) is 0.324. The van der Waals surface area contributed by atoms with Crippen molar-refractivity contribution in [3.8, 4) is 0 Å². The highest BCUT2D eigenvalue weighted by Gasteiger charge is 2.41. The summed E-state index contributed by atoms with van der Waals surface area (Å²) in [6, 6.07) is 0. The number of halogens is 1. The lowest BCUT2D eigenvalue weighted by Crippen LogP contribution is -2.33. The Kier molecular flexibility index (Phi) is 8.14. The number of nitrogens with two attached hydrogens (primary N) is 1. The first kappa shape index (κ1) is 16.0. The van der Waals surface area contributed by atoms with Crippen LogP contribution in [0.15, 0.2) is 4.99 Å². The van der Waals surface area contributed by atoms with Gasteiger partial charge in [-0.1, -0.05) is 26.7 Å². The van der Waals surface area contributed by atoms with Crippen LogP contribution in [0.25, 0.3) is 0 Å². The van der Waals surface area contributed by atoms with Crippen LogP contribution in [0.4, 0.5) is 0 Å². The molecule has 0 heterocycles. The standard InChI is InChI=1S/C12H25N3.HI/c1-3-5-9-14-11(13)15-10-12(6-4-2)7-8-12;/h3-10H2,1-2H3,(H3,13,14,15);1H. The molecule has 4 heteroatoms. The molecule has 3 N–H and O–H groups in total. The van der Waals surface area contributed by atoms with Crippen molar-refractivity contribution in [2.75, 3.05) is 13.1 Å². The number of aliphatic imine (C=N–C) groups is 1. The van der Waals surface area contributed by atoms with Crippen LogP contribution in [0.3, 0.4) is 0 Å². The number of hydrogen-bond donors (Lipinski definition) is 2. The molecule has 0 aromatic heterocycles. The Bertz CT molecular complexity index is 212. The predicted octanol–water partition coefficient (Wildman–Crippen LogP) is 2.89. The minimum Gasteiger partial charge on any atom is -0.370 e. The zero-order valence-corrected chi connectivity index (χ0v) is 12.9. The second-order valence-corrected chi connectivity index (χ2v) is 4.73. The van der Waals surface area contributed by atoms with E-state index in [1.807, 2.05) is 0 Å². The third-order valence-corrected chi connectivity index (χ3v) is 3.16. The van der Waals surface area contributed by atoms with E-state index in [-0.39, 0.29) is 24.0 Å². The minimum absolute atomic E-state index is 0. The maximum absolute atomic E-state index is 5.78. The SMILES string of the molecule is CCCCNC(N)=NCC1(CCC)CC1.I. The van der Waals surface area contributed by atoms with Crippen molar-refractivity contribution >= 4 is 29.9 Å². The first-order chi connectivity index (χ1) is 7.22. The van der Waals surface area contributed by atoms with Crippen LogP contribution in [-0.2, 0) is 0 Å². The third-order valence-electron chi connectivity index (χ3n) is 3.16. The van der Waals surface area contributed by atoms with Crippen molar-refractivity contribution in [3.63, 3.8) is 0 Å². The molecule has 1 fully saturated rings. The zero-order chi connectivity index (χ0) is 11.1. The molecule has 0 aromatic rings. The number of nitrogens with one attached hydrogen (secondary N) is 1. The molecule has 16 heavy (non-hydrogen) atoms. The summed E-state index contributed by atoms with van der Waals surface area (Å²) in [5.74, 6) is 0.630. The molecule has 0 spiro atoms. The van der Waals surface area contributed by atoms with E-state index in [0.29, 0.717) is 11.4 Å². The van der Waals surface area contributed by atoms with Crippen molar-refractivity contribution in [3.05, 3.63) is 0 Å². The molecule has 0 unspecified atom stereocenters. The Labute approximate surface area is 117 Å². The summed E-state index contributed by atoms with van der Waals surface area (Å²) in [6.45, 7) is 6.29. The fourth-order valence-electron chi connectivity index (χ4n) is 1.90. The van der Waals surface area contributed by atoms with Crippen molar-refractivity contribution < 1.29 is 0 Å². The van der Waals surface area contributed by atoms with Crippen LogP contribution in [0.2, 0.25) is 0 Å². The van der Waals surface area contributed by atoms with Gasteiger partial charge in [-0.05, 0) is 31.1 Å². The van der Waals surface area contributed by atoms with Crippen LogP contribution in [-0.4, -0.2) is 19.0 Å². The average molecular weight is 339 g/mol. The summed E-state index contributed by atoms with van der Waals surface area (Å²) in [5, 5.41) is 3.15. The zero-order valence-electron chi connectivity index (χ0n) is 10.6. The second kappa shape index (κ2) is 8.14. The van der Waals surface area contributed by atoms with Gasteiger partial charge >= 0.3 is 0 Å². The van der Waals surface area contributed by atoms with Crippen LogP contribution < -0.4 is 11.1 Å². The monoisotopic (exact) mass is 339 g/mol. The lowest BCUT2D eigenvalue weighted by atomic mass is 10.0. The molecule has 3 nitrogen and oxygen atoms in total.